The second-order valence-corrected chi connectivity index (χ2v) is 5.53. The van der Waals surface area contributed by atoms with E-state index in [0.29, 0.717) is 17.0 Å². The number of pyridine rings is 1. The summed E-state index contributed by atoms with van der Waals surface area (Å²) in [5.41, 5.74) is 2.36. The number of rotatable bonds is 5. The van der Waals surface area contributed by atoms with Gasteiger partial charge in [0.25, 0.3) is 5.56 Å². The second-order valence-electron chi connectivity index (χ2n) is 5.53. The molecule has 0 saturated heterocycles. The van der Waals surface area contributed by atoms with E-state index in [-0.39, 0.29) is 24.6 Å². The summed E-state index contributed by atoms with van der Waals surface area (Å²) in [5, 5.41) is 10.7. The van der Waals surface area contributed by atoms with Crippen molar-refractivity contribution in [3.63, 3.8) is 0 Å². The van der Waals surface area contributed by atoms with Gasteiger partial charge in [0.05, 0.1) is 31.0 Å². The third kappa shape index (κ3) is 3.77. The number of nitrogens with one attached hydrogen (secondary N) is 1. The first-order valence-corrected chi connectivity index (χ1v) is 7.65. The minimum Gasteiger partial charge on any atom is -0.349 e. The van der Waals surface area contributed by atoms with Crippen molar-refractivity contribution < 1.29 is 4.79 Å². The van der Waals surface area contributed by atoms with Gasteiger partial charge < -0.3 is 5.32 Å². The van der Waals surface area contributed by atoms with Gasteiger partial charge in [0.2, 0.25) is 5.91 Å². The highest BCUT2D eigenvalue weighted by atomic mass is 16.2. The van der Waals surface area contributed by atoms with Gasteiger partial charge in [0.1, 0.15) is 12.2 Å². The molecule has 25 heavy (non-hydrogen) atoms. The van der Waals surface area contributed by atoms with E-state index in [2.05, 4.69) is 25.6 Å². The minimum atomic E-state index is -0.303. The van der Waals surface area contributed by atoms with Crippen LogP contribution in [-0.4, -0.2) is 35.4 Å². The smallest absolute Gasteiger partial charge is 0.256 e. The highest BCUT2D eigenvalue weighted by Gasteiger charge is 2.09. The molecule has 0 saturated carbocycles. The van der Waals surface area contributed by atoms with Crippen LogP contribution in [0, 0.1) is 13.8 Å². The van der Waals surface area contributed by atoms with Crippen LogP contribution in [0.25, 0.3) is 5.69 Å². The molecule has 128 valence electrons. The molecule has 0 aromatic carbocycles. The van der Waals surface area contributed by atoms with E-state index in [1.54, 1.807) is 43.2 Å². The maximum Gasteiger partial charge on any atom is 0.256 e. The lowest BCUT2D eigenvalue weighted by Crippen LogP contribution is -2.33. The topological polar surface area (TPSA) is 108 Å². The highest BCUT2D eigenvalue weighted by molar-refractivity contribution is 5.75. The van der Waals surface area contributed by atoms with Gasteiger partial charge in [0, 0.05) is 17.5 Å². The van der Waals surface area contributed by atoms with Crippen LogP contribution in [0.1, 0.15) is 17.0 Å². The first-order chi connectivity index (χ1) is 12.0. The number of hydrogen-bond acceptors (Lipinski definition) is 6. The van der Waals surface area contributed by atoms with Crippen LogP contribution in [0.2, 0.25) is 0 Å². The summed E-state index contributed by atoms with van der Waals surface area (Å²) < 4.78 is 2.86. The van der Waals surface area contributed by atoms with Crippen LogP contribution in [-0.2, 0) is 17.9 Å². The molecule has 0 spiro atoms. The molecule has 0 radical (unpaired) electrons. The van der Waals surface area contributed by atoms with Crippen LogP contribution in [0.5, 0.6) is 0 Å². The summed E-state index contributed by atoms with van der Waals surface area (Å²) in [7, 11) is 0. The number of carbonyl (C=O) groups excluding carboxylic acids is 1. The molecule has 9 heteroatoms. The Morgan fingerprint density at radius 1 is 1.32 bits per heavy atom. The van der Waals surface area contributed by atoms with Gasteiger partial charge in [-0.2, -0.15) is 0 Å². The van der Waals surface area contributed by atoms with Crippen molar-refractivity contribution in [3.05, 3.63) is 64.4 Å². The van der Waals surface area contributed by atoms with Crippen molar-refractivity contribution in [1.82, 2.24) is 34.8 Å². The highest BCUT2D eigenvalue weighted by Crippen LogP contribution is 2.03. The molecule has 0 fully saturated rings. The molecular weight excluding hydrogens is 322 g/mol. The molecule has 0 aliphatic carbocycles. The van der Waals surface area contributed by atoms with E-state index in [1.165, 1.54) is 10.9 Å². The van der Waals surface area contributed by atoms with E-state index < -0.39 is 0 Å². The molecule has 0 atom stereocenters. The molecule has 1 amide bonds. The zero-order valence-corrected chi connectivity index (χ0v) is 13.9. The maximum absolute atomic E-state index is 12.1. The van der Waals surface area contributed by atoms with Crippen molar-refractivity contribution >= 4 is 5.91 Å². The van der Waals surface area contributed by atoms with E-state index in [0.717, 1.165) is 5.69 Å². The van der Waals surface area contributed by atoms with Gasteiger partial charge in [-0.05, 0) is 26.0 Å². The van der Waals surface area contributed by atoms with Gasteiger partial charge in [-0.15, -0.1) is 5.10 Å². The van der Waals surface area contributed by atoms with Gasteiger partial charge in [0.15, 0.2) is 0 Å². The lowest BCUT2D eigenvalue weighted by atomic mass is 10.3. The Morgan fingerprint density at radius 3 is 2.92 bits per heavy atom. The van der Waals surface area contributed by atoms with Crippen LogP contribution in [0.15, 0.2) is 41.8 Å². The number of hydrogen-bond donors (Lipinski definition) is 1. The predicted octanol–water partition coefficient (Wildman–Crippen LogP) is 0.152. The maximum atomic E-state index is 12.1. The molecule has 3 rings (SSSR count). The molecule has 0 unspecified atom stereocenters. The van der Waals surface area contributed by atoms with Crippen molar-refractivity contribution in [3.8, 4) is 5.69 Å². The molecule has 0 aliphatic rings. The predicted molar refractivity (Wildman–Crippen MR) is 89.0 cm³/mol. The minimum absolute atomic E-state index is 0.0936. The molecule has 0 bridgehead atoms. The Morgan fingerprint density at radius 2 is 2.16 bits per heavy atom. The SMILES string of the molecule is Cc1ncn(CC(=O)NCc2cn(-c3cccnc3)nn2)c(=O)c1C. The van der Waals surface area contributed by atoms with Crippen LogP contribution in [0.4, 0.5) is 0 Å². The van der Waals surface area contributed by atoms with Crippen molar-refractivity contribution in [1.29, 1.82) is 0 Å². The standard InChI is InChI=1S/C16H17N7O2/c1-11-12(2)19-10-22(16(11)25)9-15(24)18-6-13-8-23(21-20-13)14-4-3-5-17-7-14/h3-5,7-8,10H,6,9H2,1-2H3,(H,18,24). The lowest BCUT2D eigenvalue weighted by Gasteiger charge is -2.07. The Balaban J connectivity index is 1.61. The summed E-state index contributed by atoms with van der Waals surface area (Å²) in [5.74, 6) is -0.303. The Kier molecular flexibility index (Phi) is 4.64. The fourth-order valence-electron chi connectivity index (χ4n) is 2.18. The summed E-state index contributed by atoms with van der Waals surface area (Å²) in [4.78, 5) is 32.2. The number of aryl methyl sites for hydroxylation is 1. The fourth-order valence-corrected chi connectivity index (χ4v) is 2.18. The molecule has 9 nitrogen and oxygen atoms in total. The third-order valence-electron chi connectivity index (χ3n) is 3.75. The van der Waals surface area contributed by atoms with Crippen molar-refractivity contribution in [2.75, 3.05) is 0 Å². The van der Waals surface area contributed by atoms with Gasteiger partial charge in [-0.1, -0.05) is 5.21 Å². The van der Waals surface area contributed by atoms with Crippen molar-refractivity contribution in [2.24, 2.45) is 0 Å². The molecule has 1 N–H and O–H groups in total. The summed E-state index contributed by atoms with van der Waals surface area (Å²) in [6.45, 7) is 3.57. The van der Waals surface area contributed by atoms with E-state index in [4.69, 9.17) is 0 Å². The molecule has 0 aliphatic heterocycles. The summed E-state index contributed by atoms with van der Waals surface area (Å²) in [6, 6.07) is 3.65. The van der Waals surface area contributed by atoms with Crippen LogP contribution in [0.3, 0.4) is 0 Å². The molecular formula is C16H17N7O2. The quantitative estimate of drug-likeness (QED) is 0.709. The fraction of sp³-hybridized carbons (Fsp3) is 0.250. The van der Waals surface area contributed by atoms with Gasteiger partial charge >= 0.3 is 0 Å². The van der Waals surface area contributed by atoms with E-state index in [1.807, 2.05) is 6.07 Å². The van der Waals surface area contributed by atoms with Gasteiger partial charge in [-0.3, -0.25) is 19.1 Å². The Labute approximate surface area is 143 Å². The van der Waals surface area contributed by atoms with Crippen molar-refractivity contribution in [2.45, 2.75) is 26.9 Å². The Hall–Kier alpha value is -3.36. The average molecular weight is 339 g/mol. The Bertz CT molecular complexity index is 947. The lowest BCUT2D eigenvalue weighted by molar-refractivity contribution is -0.121. The molecule has 3 aromatic heterocycles. The molecule has 3 aromatic rings. The number of amides is 1. The van der Waals surface area contributed by atoms with Crippen LogP contribution < -0.4 is 10.9 Å². The number of nitrogens with zero attached hydrogens (tertiary/aromatic N) is 6. The zero-order valence-electron chi connectivity index (χ0n) is 13.9. The number of carbonyl (C=O) groups is 1. The normalized spacial score (nSPS) is 10.6. The first kappa shape index (κ1) is 16.5. The monoisotopic (exact) mass is 339 g/mol. The molecule has 3 heterocycles. The van der Waals surface area contributed by atoms with Gasteiger partial charge in [-0.25, -0.2) is 9.67 Å². The zero-order chi connectivity index (χ0) is 17.8. The van der Waals surface area contributed by atoms with Crippen LogP contribution >= 0.6 is 0 Å². The first-order valence-electron chi connectivity index (χ1n) is 7.65. The van der Waals surface area contributed by atoms with E-state index >= 15 is 0 Å². The third-order valence-corrected chi connectivity index (χ3v) is 3.75. The summed E-state index contributed by atoms with van der Waals surface area (Å²) >= 11 is 0. The van der Waals surface area contributed by atoms with E-state index in [9.17, 15) is 9.59 Å². The summed E-state index contributed by atoms with van der Waals surface area (Å²) in [6.07, 6.45) is 6.42. The second kappa shape index (κ2) is 7.04. The number of aromatic nitrogens is 6. The average Bonchev–Trinajstić information content (AvgIpc) is 3.10. The largest absolute Gasteiger partial charge is 0.349 e.